The topological polar surface area (TPSA) is 33.0 Å². The molecule has 4 heteroatoms. The summed E-state index contributed by atoms with van der Waals surface area (Å²) in [5, 5.41) is 8.82. The summed E-state index contributed by atoms with van der Waals surface area (Å²) < 4.78 is 19.8. The summed E-state index contributed by atoms with van der Waals surface area (Å²) in [4.78, 5) is 0. The number of hydrogen-bond donors (Lipinski definition) is 0. The van der Waals surface area contributed by atoms with Crippen molar-refractivity contribution in [1.29, 1.82) is 5.26 Å². The summed E-state index contributed by atoms with van der Waals surface area (Å²) in [6, 6.07) is 12.4. The Morgan fingerprint density at radius 3 is 2.63 bits per heavy atom. The van der Waals surface area contributed by atoms with Gasteiger partial charge in [-0.15, -0.1) is 0 Å². The molecule has 0 aliphatic carbocycles. The number of ether oxygens (including phenoxy) is 1. The second-order valence-corrected chi connectivity index (χ2v) is 4.71. The van der Waals surface area contributed by atoms with Gasteiger partial charge in [0.2, 0.25) is 0 Å². The Bertz CT molecular complexity index is 649. The maximum absolute atomic E-state index is 14.0. The van der Waals surface area contributed by atoms with Gasteiger partial charge in [-0.25, -0.2) is 4.39 Å². The molecule has 0 aromatic heterocycles. The second-order valence-electron chi connectivity index (χ2n) is 3.91. The summed E-state index contributed by atoms with van der Waals surface area (Å²) >= 11 is 3.06. The first-order valence-electron chi connectivity index (χ1n) is 5.81. The van der Waals surface area contributed by atoms with Crippen LogP contribution in [0.25, 0.3) is 0 Å². The largest absolute Gasteiger partial charge is 0.454 e. The molecule has 0 N–H and O–H groups in total. The maximum Gasteiger partial charge on any atom is 0.181 e. The zero-order valence-electron chi connectivity index (χ0n) is 10.3. The van der Waals surface area contributed by atoms with Crippen LogP contribution in [0.3, 0.4) is 0 Å². The molecule has 0 amide bonds. The number of para-hydroxylation sites is 1. The van der Waals surface area contributed by atoms with Crippen molar-refractivity contribution in [3.05, 3.63) is 57.8 Å². The van der Waals surface area contributed by atoms with Crippen LogP contribution in [0.15, 0.2) is 40.9 Å². The van der Waals surface area contributed by atoms with Gasteiger partial charge in [0.1, 0.15) is 11.8 Å². The Hall–Kier alpha value is -1.86. The minimum absolute atomic E-state index is 0.103. The van der Waals surface area contributed by atoms with Gasteiger partial charge in [-0.2, -0.15) is 5.26 Å². The van der Waals surface area contributed by atoms with Crippen LogP contribution in [0.2, 0.25) is 0 Å². The lowest BCUT2D eigenvalue weighted by molar-refractivity contribution is 0.436. The van der Waals surface area contributed by atoms with Crippen LogP contribution in [0.4, 0.5) is 4.39 Å². The fourth-order valence-corrected chi connectivity index (χ4v) is 2.13. The molecule has 2 nitrogen and oxygen atoms in total. The molecule has 0 bridgehead atoms. The minimum Gasteiger partial charge on any atom is -0.454 e. The number of rotatable bonds is 3. The average molecular weight is 320 g/mol. The van der Waals surface area contributed by atoms with Crippen LogP contribution in [0, 0.1) is 17.1 Å². The summed E-state index contributed by atoms with van der Waals surface area (Å²) in [7, 11) is 0. The van der Waals surface area contributed by atoms with Crippen LogP contribution in [-0.2, 0) is 6.42 Å². The van der Waals surface area contributed by atoms with Crippen LogP contribution in [-0.4, -0.2) is 0 Å². The summed E-state index contributed by atoms with van der Waals surface area (Å²) in [6.45, 7) is 2.01. The molecule has 0 aliphatic heterocycles. The van der Waals surface area contributed by atoms with E-state index in [-0.39, 0.29) is 15.8 Å². The van der Waals surface area contributed by atoms with Crippen molar-refractivity contribution < 1.29 is 9.13 Å². The first-order chi connectivity index (χ1) is 9.17. The lowest BCUT2D eigenvalue weighted by Crippen LogP contribution is -1.94. The van der Waals surface area contributed by atoms with Crippen molar-refractivity contribution in [3.8, 4) is 17.6 Å². The van der Waals surface area contributed by atoms with Crippen molar-refractivity contribution in [1.82, 2.24) is 0 Å². The molecule has 19 heavy (non-hydrogen) atoms. The molecule has 0 heterocycles. The molecule has 2 rings (SSSR count). The SMILES string of the molecule is CCc1ccccc1Oc1ccc(C#N)c(Br)c1F. The molecule has 0 saturated carbocycles. The van der Waals surface area contributed by atoms with E-state index in [2.05, 4.69) is 15.9 Å². The molecule has 2 aromatic carbocycles. The smallest absolute Gasteiger partial charge is 0.181 e. The van der Waals surface area contributed by atoms with E-state index >= 15 is 0 Å². The standard InChI is InChI=1S/C15H11BrFNO/c1-2-10-5-3-4-6-12(10)19-13-8-7-11(9-18)14(16)15(13)17/h3-8H,2H2,1H3. The van der Waals surface area contributed by atoms with Crippen molar-refractivity contribution in [2.45, 2.75) is 13.3 Å². The fraction of sp³-hybridized carbons (Fsp3) is 0.133. The van der Waals surface area contributed by atoms with Gasteiger partial charge >= 0.3 is 0 Å². The fourth-order valence-electron chi connectivity index (χ4n) is 1.71. The quantitative estimate of drug-likeness (QED) is 0.813. The van der Waals surface area contributed by atoms with Crippen molar-refractivity contribution >= 4 is 15.9 Å². The predicted octanol–water partition coefficient (Wildman–Crippen LogP) is 4.81. The number of nitrogens with zero attached hydrogens (tertiary/aromatic N) is 1. The molecule has 96 valence electrons. The molecule has 0 spiro atoms. The second kappa shape index (κ2) is 5.85. The third-order valence-corrected chi connectivity index (χ3v) is 3.52. The third-order valence-electron chi connectivity index (χ3n) is 2.74. The highest BCUT2D eigenvalue weighted by atomic mass is 79.9. The van der Waals surface area contributed by atoms with Crippen LogP contribution in [0.1, 0.15) is 18.1 Å². The summed E-state index contributed by atoms with van der Waals surface area (Å²) in [6.07, 6.45) is 0.801. The van der Waals surface area contributed by atoms with Gasteiger partial charge in [-0.1, -0.05) is 25.1 Å². The predicted molar refractivity (Wildman–Crippen MR) is 74.7 cm³/mol. The van der Waals surface area contributed by atoms with Gasteiger partial charge in [-0.3, -0.25) is 0 Å². The van der Waals surface area contributed by atoms with Crippen molar-refractivity contribution in [3.63, 3.8) is 0 Å². The monoisotopic (exact) mass is 319 g/mol. The number of halogens is 2. The van der Waals surface area contributed by atoms with E-state index in [4.69, 9.17) is 10.00 Å². The van der Waals surface area contributed by atoms with E-state index in [9.17, 15) is 4.39 Å². The van der Waals surface area contributed by atoms with Crippen LogP contribution < -0.4 is 4.74 Å². The average Bonchev–Trinajstić information content (AvgIpc) is 2.45. The minimum atomic E-state index is -0.565. The van der Waals surface area contributed by atoms with Gasteiger partial charge in [0.05, 0.1) is 10.0 Å². The van der Waals surface area contributed by atoms with Gasteiger partial charge in [0, 0.05) is 0 Å². The molecule has 2 aromatic rings. The Kier molecular flexibility index (Phi) is 4.18. The lowest BCUT2D eigenvalue weighted by atomic mass is 10.1. The highest BCUT2D eigenvalue weighted by molar-refractivity contribution is 9.10. The van der Waals surface area contributed by atoms with E-state index in [0.29, 0.717) is 5.75 Å². The molecule has 0 atom stereocenters. The van der Waals surface area contributed by atoms with E-state index in [0.717, 1.165) is 12.0 Å². The Morgan fingerprint density at radius 1 is 1.21 bits per heavy atom. The third kappa shape index (κ3) is 2.77. The van der Waals surface area contributed by atoms with E-state index < -0.39 is 5.82 Å². The molecular weight excluding hydrogens is 309 g/mol. The zero-order valence-corrected chi connectivity index (χ0v) is 11.9. The van der Waals surface area contributed by atoms with Crippen LogP contribution >= 0.6 is 15.9 Å². The first kappa shape index (κ1) is 13.6. The number of hydrogen-bond acceptors (Lipinski definition) is 2. The van der Waals surface area contributed by atoms with Gasteiger partial charge in [0.15, 0.2) is 11.6 Å². The number of benzene rings is 2. The maximum atomic E-state index is 14.0. The summed E-state index contributed by atoms with van der Waals surface area (Å²) in [5.41, 5.74) is 1.25. The Morgan fingerprint density at radius 2 is 1.95 bits per heavy atom. The van der Waals surface area contributed by atoms with Gasteiger partial charge in [-0.05, 0) is 46.1 Å². The van der Waals surface area contributed by atoms with E-state index in [1.54, 1.807) is 6.07 Å². The summed E-state index contributed by atoms with van der Waals surface area (Å²) in [5.74, 6) is 0.164. The molecule has 0 unspecified atom stereocenters. The van der Waals surface area contributed by atoms with Gasteiger partial charge in [0.25, 0.3) is 0 Å². The molecule has 0 fully saturated rings. The van der Waals surface area contributed by atoms with Crippen LogP contribution in [0.5, 0.6) is 11.5 Å². The van der Waals surface area contributed by atoms with Gasteiger partial charge < -0.3 is 4.74 Å². The zero-order chi connectivity index (χ0) is 13.8. The number of nitriles is 1. The number of aryl methyl sites for hydroxylation is 1. The Labute approximate surface area is 119 Å². The van der Waals surface area contributed by atoms with Crippen molar-refractivity contribution in [2.75, 3.05) is 0 Å². The first-order valence-corrected chi connectivity index (χ1v) is 6.60. The Balaban J connectivity index is 2.40. The highest BCUT2D eigenvalue weighted by Gasteiger charge is 2.13. The van der Waals surface area contributed by atoms with Crippen molar-refractivity contribution in [2.24, 2.45) is 0 Å². The van der Waals surface area contributed by atoms with E-state index in [1.807, 2.05) is 31.2 Å². The molecule has 0 aliphatic rings. The molecule has 0 saturated heterocycles. The molecular formula is C15H11BrFNO. The van der Waals surface area contributed by atoms with E-state index in [1.165, 1.54) is 12.1 Å². The normalized spacial score (nSPS) is 10.0. The highest BCUT2D eigenvalue weighted by Crippen LogP contribution is 2.32. The lowest BCUT2D eigenvalue weighted by Gasteiger charge is -2.11. The molecule has 0 radical (unpaired) electrons.